The zero-order valence-corrected chi connectivity index (χ0v) is 16.3. The number of nitrogens with zero attached hydrogens (tertiary/aromatic N) is 3. The number of benzene rings is 1. The number of anilines is 1. The highest BCUT2D eigenvalue weighted by Crippen LogP contribution is 2.23. The van der Waals surface area contributed by atoms with Gasteiger partial charge in [0.05, 0.1) is 5.69 Å². The Balaban J connectivity index is 2.00. The van der Waals surface area contributed by atoms with Crippen LogP contribution in [0.25, 0.3) is 11.0 Å². The first-order chi connectivity index (χ1) is 13.3. The van der Waals surface area contributed by atoms with Gasteiger partial charge in [0.1, 0.15) is 11.1 Å². The highest BCUT2D eigenvalue weighted by atomic mass is 16.5. The lowest BCUT2D eigenvalue weighted by atomic mass is 10.1. The van der Waals surface area contributed by atoms with E-state index in [1.807, 2.05) is 32.0 Å². The molecule has 1 amide bonds. The van der Waals surface area contributed by atoms with E-state index in [1.165, 1.54) is 18.7 Å². The lowest BCUT2D eigenvalue weighted by molar-refractivity contribution is -0.118. The number of fused-ring (bicyclic) bond motifs is 1. The molecule has 8 nitrogen and oxygen atoms in total. The summed E-state index contributed by atoms with van der Waals surface area (Å²) in [5.41, 5.74) is 1.23. The van der Waals surface area contributed by atoms with Crippen LogP contribution in [-0.4, -0.2) is 26.6 Å². The van der Waals surface area contributed by atoms with Crippen molar-refractivity contribution in [3.05, 3.63) is 62.4 Å². The molecule has 146 valence electrons. The number of aryl methyl sites for hydroxylation is 3. The summed E-state index contributed by atoms with van der Waals surface area (Å²) >= 11 is 0. The Morgan fingerprint density at radius 1 is 1.18 bits per heavy atom. The number of aromatic nitrogens is 3. The predicted molar refractivity (Wildman–Crippen MR) is 107 cm³/mol. The van der Waals surface area contributed by atoms with Gasteiger partial charge in [-0.1, -0.05) is 25.1 Å². The van der Waals surface area contributed by atoms with Gasteiger partial charge in [0.2, 0.25) is 0 Å². The first-order valence-corrected chi connectivity index (χ1v) is 8.91. The molecule has 3 rings (SSSR count). The Hall–Kier alpha value is -3.42. The molecule has 0 aliphatic heterocycles. The quantitative estimate of drug-likeness (QED) is 0.722. The number of hydrogen-bond donors (Lipinski definition) is 1. The van der Waals surface area contributed by atoms with Crippen molar-refractivity contribution >= 4 is 22.6 Å². The van der Waals surface area contributed by atoms with Gasteiger partial charge in [-0.3, -0.25) is 18.7 Å². The average molecular weight is 382 g/mol. The third-order valence-electron chi connectivity index (χ3n) is 4.65. The molecule has 2 heterocycles. The molecule has 0 aliphatic rings. The van der Waals surface area contributed by atoms with Crippen molar-refractivity contribution in [2.45, 2.75) is 20.3 Å². The molecule has 0 fully saturated rings. The Morgan fingerprint density at radius 3 is 2.57 bits per heavy atom. The first-order valence-electron chi connectivity index (χ1n) is 8.91. The lowest BCUT2D eigenvalue weighted by Gasteiger charge is -2.15. The van der Waals surface area contributed by atoms with Crippen molar-refractivity contribution in [3.63, 3.8) is 0 Å². The van der Waals surface area contributed by atoms with E-state index in [4.69, 9.17) is 4.74 Å². The van der Waals surface area contributed by atoms with Crippen LogP contribution in [0, 0.1) is 6.92 Å². The Bertz CT molecular complexity index is 1180. The zero-order valence-electron chi connectivity index (χ0n) is 16.3. The van der Waals surface area contributed by atoms with Gasteiger partial charge in [0.25, 0.3) is 11.5 Å². The fourth-order valence-corrected chi connectivity index (χ4v) is 3.02. The summed E-state index contributed by atoms with van der Waals surface area (Å²) in [4.78, 5) is 41.7. The molecule has 0 radical (unpaired) electrons. The second-order valence-electron chi connectivity index (χ2n) is 6.52. The molecule has 8 heteroatoms. The van der Waals surface area contributed by atoms with Crippen molar-refractivity contribution < 1.29 is 9.53 Å². The van der Waals surface area contributed by atoms with Crippen LogP contribution in [0.2, 0.25) is 0 Å². The number of para-hydroxylation sites is 1. The van der Waals surface area contributed by atoms with Crippen molar-refractivity contribution in [2.75, 3.05) is 11.9 Å². The topological polar surface area (TPSA) is 95.2 Å². The Labute approximate surface area is 161 Å². The van der Waals surface area contributed by atoms with Crippen LogP contribution in [0.15, 0.2) is 40.1 Å². The summed E-state index contributed by atoms with van der Waals surface area (Å²) in [5, 5.41) is 2.98. The molecule has 28 heavy (non-hydrogen) atoms. The smallest absolute Gasteiger partial charge is 0.332 e. The SMILES string of the molecule is CCc1cnc2c(c1NC(=O)COc1ccccc1C)c(=O)n(C)c(=O)n2C. The second-order valence-corrected chi connectivity index (χ2v) is 6.52. The standard InChI is InChI=1S/C20H22N4O4/c1-5-13-10-21-18-16(19(26)24(4)20(27)23(18)3)17(13)22-15(25)11-28-14-9-7-6-8-12(14)2/h6-10H,5,11H2,1-4H3,(H,21,22,25). The van der Waals surface area contributed by atoms with Gasteiger partial charge < -0.3 is 10.1 Å². The van der Waals surface area contributed by atoms with Crippen LogP contribution < -0.4 is 21.3 Å². The maximum absolute atomic E-state index is 12.7. The number of carbonyl (C=O) groups excluding carboxylic acids is 1. The van der Waals surface area contributed by atoms with E-state index in [0.717, 1.165) is 10.1 Å². The van der Waals surface area contributed by atoms with Gasteiger partial charge in [-0.25, -0.2) is 9.78 Å². The molecular formula is C20H22N4O4. The Morgan fingerprint density at radius 2 is 1.89 bits per heavy atom. The van der Waals surface area contributed by atoms with E-state index in [-0.39, 0.29) is 17.6 Å². The third kappa shape index (κ3) is 3.40. The Kier molecular flexibility index (Phi) is 5.30. The summed E-state index contributed by atoms with van der Waals surface area (Å²) < 4.78 is 7.88. The minimum atomic E-state index is -0.504. The van der Waals surface area contributed by atoms with Crippen LogP contribution in [0.3, 0.4) is 0 Å². The second kappa shape index (κ2) is 7.67. The highest BCUT2D eigenvalue weighted by molar-refractivity contribution is 6.01. The first kappa shape index (κ1) is 19.3. The molecule has 1 aromatic carbocycles. The van der Waals surface area contributed by atoms with Crippen LogP contribution in [-0.2, 0) is 25.3 Å². The monoisotopic (exact) mass is 382 g/mol. The molecule has 0 bridgehead atoms. The van der Waals surface area contributed by atoms with E-state index < -0.39 is 17.2 Å². The molecule has 3 aromatic rings. The number of hydrogen-bond acceptors (Lipinski definition) is 5. The van der Waals surface area contributed by atoms with Gasteiger partial charge in [-0.05, 0) is 30.5 Å². The lowest BCUT2D eigenvalue weighted by Crippen LogP contribution is -2.38. The zero-order chi connectivity index (χ0) is 20.4. The van der Waals surface area contributed by atoms with Gasteiger partial charge in [0.15, 0.2) is 12.3 Å². The predicted octanol–water partition coefficient (Wildman–Crippen LogP) is 1.52. The van der Waals surface area contributed by atoms with Gasteiger partial charge >= 0.3 is 5.69 Å². The van der Waals surface area contributed by atoms with Crippen molar-refractivity contribution in [1.29, 1.82) is 0 Å². The van der Waals surface area contributed by atoms with Crippen molar-refractivity contribution in [3.8, 4) is 5.75 Å². The molecule has 0 aliphatic carbocycles. The van der Waals surface area contributed by atoms with E-state index in [0.29, 0.717) is 23.4 Å². The van der Waals surface area contributed by atoms with Gasteiger partial charge in [-0.15, -0.1) is 0 Å². The minimum Gasteiger partial charge on any atom is -0.483 e. The molecule has 2 aromatic heterocycles. The molecule has 0 unspecified atom stereocenters. The summed E-state index contributed by atoms with van der Waals surface area (Å²) in [6.07, 6.45) is 2.13. The van der Waals surface area contributed by atoms with Crippen LogP contribution in [0.4, 0.5) is 5.69 Å². The number of ether oxygens (including phenoxy) is 1. The van der Waals surface area contributed by atoms with Crippen LogP contribution in [0.1, 0.15) is 18.1 Å². The largest absolute Gasteiger partial charge is 0.483 e. The third-order valence-corrected chi connectivity index (χ3v) is 4.65. The number of rotatable bonds is 5. The average Bonchev–Trinajstić information content (AvgIpc) is 2.69. The van der Waals surface area contributed by atoms with Gasteiger partial charge in [0, 0.05) is 20.3 Å². The maximum atomic E-state index is 12.7. The van der Waals surface area contributed by atoms with E-state index in [1.54, 1.807) is 12.3 Å². The van der Waals surface area contributed by atoms with Crippen LogP contribution in [0.5, 0.6) is 5.75 Å². The maximum Gasteiger partial charge on any atom is 0.332 e. The fourth-order valence-electron chi connectivity index (χ4n) is 3.02. The normalized spacial score (nSPS) is 10.9. The fraction of sp³-hybridized carbons (Fsp3) is 0.300. The molecule has 0 spiro atoms. The number of pyridine rings is 1. The minimum absolute atomic E-state index is 0.202. The van der Waals surface area contributed by atoms with E-state index in [2.05, 4.69) is 10.3 Å². The molecule has 0 saturated carbocycles. The molecule has 1 N–H and O–H groups in total. The van der Waals surface area contributed by atoms with Crippen LogP contribution >= 0.6 is 0 Å². The van der Waals surface area contributed by atoms with Gasteiger partial charge in [-0.2, -0.15) is 0 Å². The van der Waals surface area contributed by atoms with E-state index in [9.17, 15) is 14.4 Å². The van der Waals surface area contributed by atoms with E-state index >= 15 is 0 Å². The number of amides is 1. The number of carbonyl (C=O) groups is 1. The van der Waals surface area contributed by atoms with Crippen molar-refractivity contribution in [2.24, 2.45) is 14.1 Å². The van der Waals surface area contributed by atoms with Crippen molar-refractivity contribution in [1.82, 2.24) is 14.1 Å². The summed E-state index contributed by atoms with van der Waals surface area (Å²) in [5.74, 6) is 0.215. The highest BCUT2D eigenvalue weighted by Gasteiger charge is 2.18. The summed E-state index contributed by atoms with van der Waals surface area (Å²) in [6, 6.07) is 7.39. The summed E-state index contributed by atoms with van der Waals surface area (Å²) in [7, 11) is 2.94. The summed E-state index contributed by atoms with van der Waals surface area (Å²) in [6.45, 7) is 3.59. The molecule has 0 atom stereocenters. The number of nitrogens with one attached hydrogen (secondary N) is 1. The molecule has 0 saturated heterocycles. The molecular weight excluding hydrogens is 360 g/mol.